The normalized spacial score (nSPS) is 11.1. The van der Waals surface area contributed by atoms with Crippen LogP contribution in [0.4, 0.5) is 4.39 Å². The van der Waals surface area contributed by atoms with Crippen molar-refractivity contribution in [1.29, 1.82) is 0 Å². The molecule has 5 heteroatoms. The molecule has 4 rings (SSSR count). The van der Waals surface area contributed by atoms with Crippen LogP contribution >= 0.6 is 11.6 Å². The molecule has 2 aromatic carbocycles. The molecule has 124 valence electrons. The van der Waals surface area contributed by atoms with Crippen LogP contribution in [-0.4, -0.2) is 15.0 Å². The second kappa shape index (κ2) is 6.65. The van der Waals surface area contributed by atoms with Gasteiger partial charge < -0.3 is 4.98 Å². The summed E-state index contributed by atoms with van der Waals surface area (Å²) in [4.78, 5) is 12.0. The topological polar surface area (TPSA) is 41.6 Å². The van der Waals surface area contributed by atoms with Gasteiger partial charge in [0.1, 0.15) is 11.6 Å². The Morgan fingerprint density at radius 1 is 1.04 bits per heavy atom. The maximum Gasteiger partial charge on any atom is 0.123 e. The summed E-state index contributed by atoms with van der Waals surface area (Å²) in [5.74, 6) is 0.679. The van der Waals surface area contributed by atoms with Gasteiger partial charge in [0.15, 0.2) is 0 Å². The van der Waals surface area contributed by atoms with Crippen molar-refractivity contribution in [1.82, 2.24) is 15.0 Å². The Hall–Kier alpha value is -2.72. The second-order valence-electron chi connectivity index (χ2n) is 5.90. The van der Waals surface area contributed by atoms with Crippen molar-refractivity contribution in [3.8, 4) is 11.1 Å². The lowest BCUT2D eigenvalue weighted by Gasteiger charge is -2.03. The van der Waals surface area contributed by atoms with E-state index in [2.05, 4.69) is 15.0 Å². The van der Waals surface area contributed by atoms with Crippen molar-refractivity contribution in [3.05, 3.63) is 83.2 Å². The minimum Gasteiger partial charge on any atom is -0.342 e. The molecule has 0 amide bonds. The molecule has 4 aromatic rings. The maximum absolute atomic E-state index is 13.3. The third-order valence-electron chi connectivity index (χ3n) is 4.15. The first kappa shape index (κ1) is 15.8. The molecule has 2 heterocycles. The van der Waals surface area contributed by atoms with E-state index < -0.39 is 0 Å². The molecule has 25 heavy (non-hydrogen) atoms. The molecule has 0 bridgehead atoms. The molecule has 3 nitrogen and oxygen atoms in total. The van der Waals surface area contributed by atoms with Crippen molar-refractivity contribution in [2.24, 2.45) is 0 Å². The van der Waals surface area contributed by atoms with E-state index in [1.54, 1.807) is 24.5 Å². The summed E-state index contributed by atoms with van der Waals surface area (Å²) in [5.41, 5.74) is 4.78. The number of nitrogens with one attached hydrogen (secondary N) is 1. The Bertz CT molecular complexity index is 1040. The minimum absolute atomic E-state index is 0.207. The van der Waals surface area contributed by atoms with Crippen LogP contribution in [0.1, 0.15) is 11.4 Å². The number of H-pyrrole nitrogens is 1. The van der Waals surface area contributed by atoms with Gasteiger partial charge in [-0.2, -0.15) is 0 Å². The van der Waals surface area contributed by atoms with E-state index >= 15 is 0 Å². The molecular formula is C20H15ClFN3. The van der Waals surface area contributed by atoms with Crippen LogP contribution in [0.5, 0.6) is 0 Å². The van der Waals surface area contributed by atoms with E-state index in [4.69, 9.17) is 11.6 Å². The zero-order chi connectivity index (χ0) is 17.2. The van der Waals surface area contributed by atoms with Gasteiger partial charge in [0.2, 0.25) is 0 Å². The van der Waals surface area contributed by atoms with Gasteiger partial charge in [0, 0.05) is 24.4 Å². The first-order valence-electron chi connectivity index (χ1n) is 8.02. The fraction of sp³-hybridized carbons (Fsp3) is 0.100. The molecule has 0 aliphatic carbocycles. The summed E-state index contributed by atoms with van der Waals surface area (Å²) in [6.45, 7) is 0. The second-order valence-corrected chi connectivity index (χ2v) is 6.31. The first-order chi connectivity index (χ1) is 12.2. The zero-order valence-electron chi connectivity index (χ0n) is 13.3. The lowest BCUT2D eigenvalue weighted by molar-refractivity contribution is 0.625. The van der Waals surface area contributed by atoms with Gasteiger partial charge in [0.05, 0.1) is 16.1 Å². The van der Waals surface area contributed by atoms with Gasteiger partial charge in [-0.05, 0) is 47.9 Å². The summed E-state index contributed by atoms with van der Waals surface area (Å²) >= 11 is 6.23. The Morgan fingerprint density at radius 2 is 1.96 bits per heavy atom. The average molecular weight is 352 g/mol. The van der Waals surface area contributed by atoms with Gasteiger partial charge in [-0.1, -0.05) is 29.8 Å². The molecule has 0 fully saturated rings. The van der Waals surface area contributed by atoms with Gasteiger partial charge >= 0.3 is 0 Å². The molecule has 0 unspecified atom stereocenters. The summed E-state index contributed by atoms with van der Waals surface area (Å²) in [7, 11) is 0. The van der Waals surface area contributed by atoms with E-state index in [1.807, 2.05) is 30.3 Å². The molecule has 1 N–H and O–H groups in total. The van der Waals surface area contributed by atoms with Gasteiger partial charge in [-0.25, -0.2) is 9.37 Å². The van der Waals surface area contributed by atoms with Gasteiger partial charge in [-0.15, -0.1) is 0 Å². The lowest BCUT2D eigenvalue weighted by Crippen LogP contribution is -1.93. The SMILES string of the molecule is Fc1cccc(CCc2nc3ccc(-c4ccncc4Cl)cc3[nH]2)c1. The van der Waals surface area contributed by atoms with Crippen molar-refractivity contribution in [2.75, 3.05) is 0 Å². The number of aryl methyl sites for hydroxylation is 2. The predicted molar refractivity (Wildman–Crippen MR) is 98.1 cm³/mol. The smallest absolute Gasteiger partial charge is 0.123 e. The van der Waals surface area contributed by atoms with E-state index in [-0.39, 0.29) is 5.82 Å². The van der Waals surface area contributed by atoms with E-state index in [0.29, 0.717) is 5.02 Å². The largest absolute Gasteiger partial charge is 0.342 e. The quantitative estimate of drug-likeness (QED) is 0.549. The number of benzene rings is 2. The molecule has 0 radical (unpaired) electrons. The van der Waals surface area contributed by atoms with Gasteiger partial charge in [0.25, 0.3) is 0 Å². The van der Waals surface area contributed by atoms with Crippen molar-refractivity contribution < 1.29 is 4.39 Å². The van der Waals surface area contributed by atoms with E-state index in [9.17, 15) is 4.39 Å². The Balaban J connectivity index is 1.59. The van der Waals surface area contributed by atoms with Crippen LogP contribution in [0.2, 0.25) is 5.02 Å². The summed E-state index contributed by atoms with van der Waals surface area (Å²) in [5, 5.41) is 0.618. The van der Waals surface area contributed by atoms with Gasteiger partial charge in [-0.3, -0.25) is 4.98 Å². The number of hydrogen-bond acceptors (Lipinski definition) is 2. The molecule has 0 spiro atoms. The molecule has 0 atom stereocenters. The van der Waals surface area contributed by atoms with Crippen LogP contribution in [0, 0.1) is 5.82 Å². The summed E-state index contributed by atoms with van der Waals surface area (Å²) in [6, 6.07) is 14.6. The predicted octanol–water partition coefficient (Wildman–Crippen LogP) is 5.20. The monoisotopic (exact) mass is 351 g/mol. The molecule has 0 aliphatic heterocycles. The number of aromatic amines is 1. The summed E-state index contributed by atoms with van der Waals surface area (Å²) in [6.07, 6.45) is 4.82. The standard InChI is InChI=1S/C20H15ClFN3/c21-17-12-23-9-8-16(17)14-5-6-18-19(11-14)25-20(24-18)7-4-13-2-1-3-15(22)10-13/h1-3,5-6,8-12H,4,7H2,(H,24,25). The molecule has 0 aliphatic rings. The highest BCUT2D eigenvalue weighted by Crippen LogP contribution is 2.28. The number of pyridine rings is 1. The Labute approximate surface area is 149 Å². The number of halogens is 2. The minimum atomic E-state index is -0.207. The van der Waals surface area contributed by atoms with Crippen LogP contribution in [0.15, 0.2) is 60.9 Å². The van der Waals surface area contributed by atoms with Crippen LogP contribution in [0.3, 0.4) is 0 Å². The molecule has 0 saturated carbocycles. The maximum atomic E-state index is 13.3. The number of imidazole rings is 1. The lowest BCUT2D eigenvalue weighted by atomic mass is 10.1. The number of fused-ring (bicyclic) bond motifs is 1. The highest BCUT2D eigenvalue weighted by atomic mass is 35.5. The Morgan fingerprint density at radius 3 is 2.80 bits per heavy atom. The summed E-state index contributed by atoms with van der Waals surface area (Å²) < 4.78 is 13.3. The molecule has 2 aromatic heterocycles. The Kier molecular flexibility index (Phi) is 4.20. The van der Waals surface area contributed by atoms with E-state index in [0.717, 1.165) is 46.4 Å². The number of nitrogens with zero attached hydrogens (tertiary/aromatic N) is 2. The highest BCUT2D eigenvalue weighted by molar-refractivity contribution is 6.33. The molecular weight excluding hydrogens is 337 g/mol. The third kappa shape index (κ3) is 3.39. The van der Waals surface area contributed by atoms with Crippen molar-refractivity contribution >= 4 is 22.6 Å². The highest BCUT2D eigenvalue weighted by Gasteiger charge is 2.08. The number of aromatic nitrogens is 3. The third-order valence-corrected chi connectivity index (χ3v) is 4.46. The van der Waals surface area contributed by atoms with Crippen molar-refractivity contribution in [2.45, 2.75) is 12.8 Å². The number of rotatable bonds is 4. The first-order valence-corrected chi connectivity index (χ1v) is 8.40. The number of hydrogen-bond donors (Lipinski definition) is 1. The van der Waals surface area contributed by atoms with Crippen molar-refractivity contribution in [3.63, 3.8) is 0 Å². The van der Waals surface area contributed by atoms with Crippen LogP contribution < -0.4 is 0 Å². The zero-order valence-corrected chi connectivity index (χ0v) is 14.1. The van der Waals surface area contributed by atoms with Crippen LogP contribution in [-0.2, 0) is 12.8 Å². The fourth-order valence-corrected chi connectivity index (χ4v) is 3.14. The fourth-order valence-electron chi connectivity index (χ4n) is 2.91. The van der Waals surface area contributed by atoms with E-state index in [1.165, 1.54) is 6.07 Å². The average Bonchev–Trinajstić information content (AvgIpc) is 3.02. The molecule has 0 saturated heterocycles. The van der Waals surface area contributed by atoms with Crippen LogP contribution in [0.25, 0.3) is 22.2 Å².